The molecule has 1 atom stereocenters. The minimum atomic E-state index is 0.429. The second-order valence-corrected chi connectivity index (χ2v) is 5.92. The number of benzene rings is 1. The molecule has 3 heteroatoms. The van der Waals surface area contributed by atoms with Crippen molar-refractivity contribution in [1.82, 2.24) is 5.32 Å². The van der Waals surface area contributed by atoms with Gasteiger partial charge in [-0.3, -0.25) is 0 Å². The van der Waals surface area contributed by atoms with Crippen molar-refractivity contribution >= 4 is 27.5 Å². The zero-order valence-electron chi connectivity index (χ0n) is 11.3. The second kappa shape index (κ2) is 8.95. The average molecular weight is 333 g/mol. The van der Waals surface area contributed by atoms with Gasteiger partial charge in [-0.2, -0.15) is 0 Å². The van der Waals surface area contributed by atoms with Crippen molar-refractivity contribution in [2.24, 2.45) is 0 Å². The summed E-state index contributed by atoms with van der Waals surface area (Å²) in [7, 11) is 0. The maximum absolute atomic E-state index is 5.99. The van der Waals surface area contributed by atoms with Crippen LogP contribution in [0.5, 0.6) is 0 Å². The molecule has 1 unspecified atom stereocenters. The van der Waals surface area contributed by atoms with Crippen molar-refractivity contribution in [3.05, 3.63) is 33.3 Å². The van der Waals surface area contributed by atoms with Gasteiger partial charge in [-0.1, -0.05) is 73.1 Å². The van der Waals surface area contributed by atoms with Gasteiger partial charge < -0.3 is 5.32 Å². The molecule has 0 heterocycles. The zero-order chi connectivity index (χ0) is 13.4. The Hall–Kier alpha value is -0.0500. The van der Waals surface area contributed by atoms with E-state index in [2.05, 4.69) is 41.2 Å². The van der Waals surface area contributed by atoms with Crippen molar-refractivity contribution in [2.45, 2.75) is 52.0 Å². The fourth-order valence-electron chi connectivity index (χ4n) is 2.17. The van der Waals surface area contributed by atoms with Crippen molar-refractivity contribution in [3.8, 4) is 0 Å². The van der Waals surface area contributed by atoms with Crippen molar-refractivity contribution in [1.29, 1.82) is 0 Å². The molecule has 102 valence electrons. The first-order valence-electron chi connectivity index (χ1n) is 6.87. The van der Waals surface area contributed by atoms with Crippen molar-refractivity contribution in [2.75, 3.05) is 6.54 Å². The van der Waals surface area contributed by atoms with Crippen LogP contribution in [0, 0.1) is 0 Å². The first-order valence-corrected chi connectivity index (χ1v) is 8.04. The average Bonchev–Trinajstić information content (AvgIpc) is 2.34. The van der Waals surface area contributed by atoms with E-state index in [1.165, 1.54) is 37.7 Å². The zero-order valence-corrected chi connectivity index (χ0v) is 13.6. The molecule has 0 saturated heterocycles. The predicted molar refractivity (Wildman–Crippen MR) is 84.3 cm³/mol. The van der Waals surface area contributed by atoms with E-state index in [9.17, 15) is 0 Å². The molecule has 1 aromatic rings. The molecule has 0 saturated carbocycles. The standard InChI is InChI=1S/C15H23BrClN/c1-3-5-6-7-8-15(18-4-2)13-10-9-12(17)11-14(13)16/h9-11,15,18H,3-8H2,1-2H3. The normalized spacial score (nSPS) is 12.7. The highest BCUT2D eigenvalue weighted by atomic mass is 79.9. The molecule has 1 rings (SSSR count). The third kappa shape index (κ3) is 5.29. The first-order chi connectivity index (χ1) is 8.69. The summed E-state index contributed by atoms with van der Waals surface area (Å²) in [4.78, 5) is 0. The molecule has 0 aliphatic carbocycles. The molecule has 0 bridgehead atoms. The highest BCUT2D eigenvalue weighted by molar-refractivity contribution is 9.10. The summed E-state index contributed by atoms with van der Waals surface area (Å²) >= 11 is 9.61. The van der Waals surface area contributed by atoms with E-state index in [1.807, 2.05) is 12.1 Å². The largest absolute Gasteiger partial charge is 0.310 e. The van der Waals surface area contributed by atoms with Crippen LogP contribution in [-0.4, -0.2) is 6.54 Å². The number of unbranched alkanes of at least 4 members (excludes halogenated alkanes) is 3. The molecular formula is C15H23BrClN. The molecule has 18 heavy (non-hydrogen) atoms. The first kappa shape index (κ1) is 16.0. The monoisotopic (exact) mass is 331 g/mol. The maximum atomic E-state index is 5.99. The van der Waals surface area contributed by atoms with E-state index in [0.29, 0.717) is 6.04 Å². The van der Waals surface area contributed by atoms with Gasteiger partial charge in [0.05, 0.1) is 0 Å². The summed E-state index contributed by atoms with van der Waals surface area (Å²) in [5, 5.41) is 4.35. The summed E-state index contributed by atoms with van der Waals surface area (Å²) in [5.41, 5.74) is 1.32. The van der Waals surface area contributed by atoms with Crippen LogP contribution in [0.4, 0.5) is 0 Å². The molecule has 0 spiro atoms. The lowest BCUT2D eigenvalue weighted by Crippen LogP contribution is -2.21. The summed E-state index contributed by atoms with van der Waals surface area (Å²) in [6, 6.07) is 6.50. The molecule has 1 N–H and O–H groups in total. The predicted octanol–water partition coefficient (Wildman–Crippen LogP) is 5.72. The van der Waals surface area contributed by atoms with Gasteiger partial charge in [-0.15, -0.1) is 0 Å². The molecule has 0 aliphatic rings. The second-order valence-electron chi connectivity index (χ2n) is 4.63. The summed E-state index contributed by atoms with van der Waals surface area (Å²) in [6.07, 6.45) is 6.41. The smallest absolute Gasteiger partial charge is 0.0417 e. The lowest BCUT2D eigenvalue weighted by molar-refractivity contribution is 0.480. The van der Waals surface area contributed by atoms with Crippen LogP contribution in [-0.2, 0) is 0 Å². The number of hydrogen-bond donors (Lipinski definition) is 1. The highest BCUT2D eigenvalue weighted by Crippen LogP contribution is 2.29. The molecule has 0 amide bonds. The van der Waals surface area contributed by atoms with E-state index in [4.69, 9.17) is 11.6 Å². The van der Waals surface area contributed by atoms with Crippen LogP contribution in [0.25, 0.3) is 0 Å². The van der Waals surface area contributed by atoms with Crippen LogP contribution in [0.3, 0.4) is 0 Å². The Kier molecular flexibility index (Phi) is 7.96. The Morgan fingerprint density at radius 2 is 2.00 bits per heavy atom. The number of nitrogens with one attached hydrogen (secondary N) is 1. The maximum Gasteiger partial charge on any atom is 0.0417 e. The Bertz CT molecular complexity index is 354. The SMILES string of the molecule is CCCCCCC(NCC)c1ccc(Cl)cc1Br. The Labute approximate surface area is 124 Å². The Balaban J connectivity index is 2.64. The van der Waals surface area contributed by atoms with Gasteiger partial charge in [0, 0.05) is 15.5 Å². The lowest BCUT2D eigenvalue weighted by atomic mass is 10.00. The quantitative estimate of drug-likeness (QED) is 0.600. The van der Waals surface area contributed by atoms with E-state index < -0.39 is 0 Å². The van der Waals surface area contributed by atoms with Gasteiger partial charge in [0.1, 0.15) is 0 Å². The summed E-state index contributed by atoms with van der Waals surface area (Å²) in [6.45, 7) is 5.40. The number of halogens is 2. The highest BCUT2D eigenvalue weighted by Gasteiger charge is 2.13. The number of hydrogen-bond acceptors (Lipinski definition) is 1. The molecule has 1 nitrogen and oxygen atoms in total. The van der Waals surface area contributed by atoms with Crippen LogP contribution in [0.1, 0.15) is 57.6 Å². The van der Waals surface area contributed by atoms with E-state index in [0.717, 1.165) is 16.0 Å². The van der Waals surface area contributed by atoms with Crippen LogP contribution in [0.2, 0.25) is 5.02 Å². The number of rotatable bonds is 8. The van der Waals surface area contributed by atoms with Gasteiger partial charge in [-0.25, -0.2) is 0 Å². The van der Waals surface area contributed by atoms with E-state index in [1.54, 1.807) is 0 Å². The van der Waals surface area contributed by atoms with Gasteiger partial charge in [-0.05, 0) is 30.7 Å². The van der Waals surface area contributed by atoms with Crippen LogP contribution in [0.15, 0.2) is 22.7 Å². The van der Waals surface area contributed by atoms with Crippen molar-refractivity contribution < 1.29 is 0 Å². The summed E-state index contributed by atoms with van der Waals surface area (Å²) < 4.78 is 1.11. The fourth-order valence-corrected chi connectivity index (χ4v) is 3.13. The van der Waals surface area contributed by atoms with Gasteiger partial charge in [0.15, 0.2) is 0 Å². The van der Waals surface area contributed by atoms with Gasteiger partial charge in [0.2, 0.25) is 0 Å². The van der Waals surface area contributed by atoms with Crippen LogP contribution < -0.4 is 5.32 Å². The molecule has 1 aromatic carbocycles. The third-order valence-corrected chi connectivity index (χ3v) is 4.06. The third-order valence-electron chi connectivity index (χ3n) is 3.13. The summed E-state index contributed by atoms with van der Waals surface area (Å²) in [5.74, 6) is 0. The van der Waals surface area contributed by atoms with Gasteiger partial charge in [0.25, 0.3) is 0 Å². The van der Waals surface area contributed by atoms with Crippen molar-refractivity contribution in [3.63, 3.8) is 0 Å². The minimum Gasteiger partial charge on any atom is -0.310 e. The molecule has 0 radical (unpaired) electrons. The molecular weight excluding hydrogens is 310 g/mol. The molecule has 0 aliphatic heterocycles. The fraction of sp³-hybridized carbons (Fsp3) is 0.600. The van der Waals surface area contributed by atoms with E-state index in [-0.39, 0.29) is 0 Å². The minimum absolute atomic E-state index is 0.429. The molecule has 0 fully saturated rings. The molecule has 0 aromatic heterocycles. The topological polar surface area (TPSA) is 12.0 Å². The van der Waals surface area contributed by atoms with E-state index >= 15 is 0 Å². The Morgan fingerprint density at radius 3 is 2.61 bits per heavy atom. The van der Waals surface area contributed by atoms with Crippen LogP contribution >= 0.6 is 27.5 Å². The van der Waals surface area contributed by atoms with Gasteiger partial charge >= 0.3 is 0 Å². The Morgan fingerprint density at radius 1 is 1.22 bits per heavy atom. The lowest BCUT2D eigenvalue weighted by Gasteiger charge is -2.20.